The molecule has 100 valence electrons. The quantitative estimate of drug-likeness (QED) is 0.857. The molecule has 0 radical (unpaired) electrons. The molecular formula is C13H22N4O. The Morgan fingerprint density at radius 1 is 1.44 bits per heavy atom. The fourth-order valence-electron chi connectivity index (χ4n) is 2.24. The zero-order chi connectivity index (χ0) is 13.0. The lowest BCUT2D eigenvalue weighted by molar-refractivity contribution is 0.410. The van der Waals surface area contributed by atoms with Gasteiger partial charge in [0.05, 0.1) is 19.5 Å². The first-order valence-electron chi connectivity index (χ1n) is 6.56. The molecule has 1 atom stereocenters. The summed E-state index contributed by atoms with van der Waals surface area (Å²) in [5, 5.41) is 3.51. The zero-order valence-corrected chi connectivity index (χ0v) is 11.4. The fraction of sp³-hybridized carbons (Fsp3) is 0.692. The molecule has 0 saturated carbocycles. The van der Waals surface area contributed by atoms with Gasteiger partial charge in [0, 0.05) is 18.6 Å². The number of ether oxygens (including phenoxy) is 1. The van der Waals surface area contributed by atoms with Crippen LogP contribution in [0.5, 0.6) is 5.75 Å². The first-order chi connectivity index (χ1) is 8.70. The lowest BCUT2D eigenvalue weighted by atomic mass is 10.2. The molecule has 0 amide bonds. The Hall–Kier alpha value is -1.36. The maximum atomic E-state index is 5.09. The second kappa shape index (κ2) is 6.00. The average molecular weight is 250 g/mol. The number of nitrogens with one attached hydrogen (secondary N) is 1. The van der Waals surface area contributed by atoms with Gasteiger partial charge in [-0.25, -0.2) is 9.97 Å². The van der Waals surface area contributed by atoms with Crippen LogP contribution in [0.2, 0.25) is 0 Å². The predicted molar refractivity (Wildman–Crippen MR) is 72.1 cm³/mol. The molecule has 18 heavy (non-hydrogen) atoms. The highest BCUT2D eigenvalue weighted by molar-refractivity contribution is 5.33. The van der Waals surface area contributed by atoms with E-state index < -0.39 is 0 Å². The van der Waals surface area contributed by atoms with Gasteiger partial charge in [0.25, 0.3) is 0 Å². The third-order valence-corrected chi connectivity index (χ3v) is 3.31. The second-order valence-electron chi connectivity index (χ2n) is 4.96. The van der Waals surface area contributed by atoms with E-state index in [0.717, 1.165) is 19.0 Å². The van der Waals surface area contributed by atoms with Crippen LogP contribution in [0.15, 0.2) is 12.4 Å². The molecule has 5 nitrogen and oxygen atoms in total. The molecule has 0 bridgehead atoms. The van der Waals surface area contributed by atoms with Crippen LogP contribution in [0.25, 0.3) is 0 Å². The summed E-state index contributed by atoms with van der Waals surface area (Å²) in [6.45, 7) is 6.43. The van der Waals surface area contributed by atoms with Crippen LogP contribution < -0.4 is 15.0 Å². The Morgan fingerprint density at radius 3 is 2.67 bits per heavy atom. The maximum Gasteiger partial charge on any atom is 0.225 e. The molecule has 1 unspecified atom stereocenters. The van der Waals surface area contributed by atoms with Gasteiger partial charge in [-0.2, -0.15) is 0 Å². The summed E-state index contributed by atoms with van der Waals surface area (Å²) < 4.78 is 5.09. The standard InChI is InChI=1S/C13H22N4O/c1-10(2)17(9-11-5-4-6-14-11)13-15-7-12(18-3)8-16-13/h7-8,10-11,14H,4-6,9H2,1-3H3. The minimum Gasteiger partial charge on any atom is -0.494 e. The number of rotatable bonds is 5. The molecule has 1 aromatic heterocycles. The Balaban J connectivity index is 2.07. The molecule has 1 fully saturated rings. The van der Waals surface area contributed by atoms with Crippen molar-refractivity contribution in [1.82, 2.24) is 15.3 Å². The number of anilines is 1. The van der Waals surface area contributed by atoms with E-state index in [-0.39, 0.29) is 0 Å². The monoisotopic (exact) mass is 250 g/mol. The number of nitrogens with zero attached hydrogens (tertiary/aromatic N) is 3. The van der Waals surface area contributed by atoms with Gasteiger partial charge in [0.2, 0.25) is 5.95 Å². The lowest BCUT2D eigenvalue weighted by Crippen LogP contribution is -2.42. The van der Waals surface area contributed by atoms with Gasteiger partial charge in [-0.3, -0.25) is 0 Å². The molecule has 0 aromatic carbocycles. The third-order valence-electron chi connectivity index (χ3n) is 3.31. The van der Waals surface area contributed by atoms with Gasteiger partial charge in [-0.05, 0) is 33.2 Å². The van der Waals surface area contributed by atoms with E-state index in [1.165, 1.54) is 12.8 Å². The van der Waals surface area contributed by atoms with Gasteiger partial charge >= 0.3 is 0 Å². The summed E-state index contributed by atoms with van der Waals surface area (Å²) in [4.78, 5) is 11.0. The first-order valence-corrected chi connectivity index (χ1v) is 6.56. The topological polar surface area (TPSA) is 50.3 Å². The predicted octanol–water partition coefficient (Wildman–Crippen LogP) is 1.45. The molecule has 1 N–H and O–H groups in total. The van der Waals surface area contributed by atoms with Crippen molar-refractivity contribution < 1.29 is 4.74 Å². The van der Waals surface area contributed by atoms with Crippen molar-refractivity contribution in [2.75, 3.05) is 25.1 Å². The Kier molecular flexibility index (Phi) is 4.36. The van der Waals surface area contributed by atoms with Crippen LogP contribution in [0.4, 0.5) is 5.95 Å². The molecule has 2 heterocycles. The van der Waals surface area contributed by atoms with E-state index in [2.05, 4.69) is 34.0 Å². The minimum absolute atomic E-state index is 0.390. The normalized spacial score (nSPS) is 19.2. The third kappa shape index (κ3) is 3.10. The van der Waals surface area contributed by atoms with Crippen LogP contribution in [-0.2, 0) is 0 Å². The van der Waals surface area contributed by atoms with Crippen LogP contribution in [0.3, 0.4) is 0 Å². The van der Waals surface area contributed by atoms with Crippen molar-refractivity contribution in [1.29, 1.82) is 0 Å². The molecule has 5 heteroatoms. The van der Waals surface area contributed by atoms with Crippen molar-refractivity contribution in [3.8, 4) is 5.75 Å². The summed E-state index contributed by atoms with van der Waals surface area (Å²) in [5.41, 5.74) is 0. The van der Waals surface area contributed by atoms with E-state index in [1.807, 2.05) is 0 Å². The molecular weight excluding hydrogens is 228 g/mol. The molecule has 1 aromatic rings. The highest BCUT2D eigenvalue weighted by atomic mass is 16.5. The molecule has 2 rings (SSSR count). The van der Waals surface area contributed by atoms with Crippen LogP contribution in [0, 0.1) is 0 Å². The summed E-state index contributed by atoms with van der Waals surface area (Å²) in [7, 11) is 1.63. The number of methoxy groups -OCH3 is 1. The summed E-state index contributed by atoms with van der Waals surface area (Å²) in [6, 6.07) is 0.943. The van der Waals surface area contributed by atoms with E-state index in [4.69, 9.17) is 4.74 Å². The maximum absolute atomic E-state index is 5.09. The summed E-state index contributed by atoms with van der Waals surface area (Å²) in [6.07, 6.45) is 5.94. The summed E-state index contributed by atoms with van der Waals surface area (Å²) >= 11 is 0. The highest BCUT2D eigenvalue weighted by Crippen LogP contribution is 2.16. The van der Waals surface area contributed by atoms with Crippen molar-refractivity contribution in [2.24, 2.45) is 0 Å². The molecule has 0 spiro atoms. The smallest absolute Gasteiger partial charge is 0.225 e. The minimum atomic E-state index is 0.390. The van der Waals surface area contributed by atoms with Gasteiger partial charge in [-0.15, -0.1) is 0 Å². The van der Waals surface area contributed by atoms with Crippen molar-refractivity contribution >= 4 is 5.95 Å². The number of aromatic nitrogens is 2. The molecule has 1 saturated heterocycles. The van der Waals surface area contributed by atoms with E-state index >= 15 is 0 Å². The average Bonchev–Trinajstić information content (AvgIpc) is 2.89. The number of hydrogen-bond acceptors (Lipinski definition) is 5. The van der Waals surface area contributed by atoms with E-state index in [9.17, 15) is 0 Å². The van der Waals surface area contributed by atoms with E-state index in [0.29, 0.717) is 17.8 Å². The van der Waals surface area contributed by atoms with Gasteiger partial charge < -0.3 is 15.0 Å². The zero-order valence-electron chi connectivity index (χ0n) is 11.4. The van der Waals surface area contributed by atoms with Crippen molar-refractivity contribution in [3.05, 3.63) is 12.4 Å². The molecule has 1 aliphatic heterocycles. The Bertz CT molecular complexity index is 360. The number of hydrogen-bond donors (Lipinski definition) is 1. The highest BCUT2D eigenvalue weighted by Gasteiger charge is 2.21. The Labute approximate surface area is 109 Å². The van der Waals surface area contributed by atoms with Crippen LogP contribution >= 0.6 is 0 Å². The molecule has 0 aliphatic carbocycles. The largest absolute Gasteiger partial charge is 0.494 e. The lowest BCUT2D eigenvalue weighted by Gasteiger charge is -2.29. The van der Waals surface area contributed by atoms with Gasteiger partial charge in [-0.1, -0.05) is 0 Å². The van der Waals surface area contributed by atoms with Crippen molar-refractivity contribution in [3.63, 3.8) is 0 Å². The first kappa shape index (κ1) is 13.1. The van der Waals surface area contributed by atoms with Gasteiger partial charge in [0.1, 0.15) is 0 Å². The SMILES string of the molecule is COc1cnc(N(CC2CCCN2)C(C)C)nc1. The fourth-order valence-corrected chi connectivity index (χ4v) is 2.24. The molecule has 1 aliphatic rings. The van der Waals surface area contributed by atoms with Crippen molar-refractivity contribution in [2.45, 2.75) is 38.8 Å². The van der Waals surface area contributed by atoms with Crippen LogP contribution in [-0.4, -0.2) is 42.3 Å². The Morgan fingerprint density at radius 2 is 2.17 bits per heavy atom. The van der Waals surface area contributed by atoms with Crippen LogP contribution in [0.1, 0.15) is 26.7 Å². The second-order valence-corrected chi connectivity index (χ2v) is 4.96. The summed E-state index contributed by atoms with van der Waals surface area (Å²) in [5.74, 6) is 1.47. The van der Waals surface area contributed by atoms with Gasteiger partial charge in [0.15, 0.2) is 5.75 Å². The van der Waals surface area contributed by atoms with E-state index in [1.54, 1.807) is 19.5 Å².